The summed E-state index contributed by atoms with van der Waals surface area (Å²) in [6, 6.07) is 0. The van der Waals surface area contributed by atoms with Crippen LogP contribution in [-0.4, -0.2) is 48.3 Å². The fraction of sp³-hybridized carbons (Fsp3) is 1.00. The van der Waals surface area contributed by atoms with E-state index in [2.05, 4.69) is 51.8 Å². The van der Waals surface area contributed by atoms with Gasteiger partial charge in [-0.15, -0.1) is 0 Å². The Morgan fingerprint density at radius 1 is 1.22 bits per heavy atom. The zero-order valence-electron chi connectivity index (χ0n) is 13.2. The van der Waals surface area contributed by atoms with E-state index in [4.69, 9.17) is 4.74 Å². The smallest absolute Gasteiger partial charge is 0.0597 e. The van der Waals surface area contributed by atoms with Crippen molar-refractivity contribution >= 4 is 0 Å². The minimum Gasteiger partial charge on any atom is -0.377 e. The molecule has 0 aromatic rings. The molecule has 18 heavy (non-hydrogen) atoms. The maximum absolute atomic E-state index is 5.71. The van der Waals surface area contributed by atoms with E-state index in [9.17, 15) is 0 Å². The molecule has 1 N–H and O–H groups in total. The van der Waals surface area contributed by atoms with Gasteiger partial charge in [0.1, 0.15) is 0 Å². The van der Waals surface area contributed by atoms with Gasteiger partial charge in [0.05, 0.1) is 12.7 Å². The highest BCUT2D eigenvalue weighted by molar-refractivity contribution is 5.00. The predicted octanol–water partition coefficient (Wildman–Crippen LogP) is 2.65. The normalized spacial score (nSPS) is 23.5. The van der Waals surface area contributed by atoms with Gasteiger partial charge in [-0.05, 0) is 40.5 Å². The molecule has 0 bridgehead atoms. The van der Waals surface area contributed by atoms with Gasteiger partial charge in [-0.3, -0.25) is 4.90 Å². The lowest BCUT2D eigenvalue weighted by atomic mass is 9.85. The van der Waals surface area contributed by atoms with E-state index in [1.54, 1.807) is 0 Å². The second kappa shape index (κ2) is 6.36. The number of nitrogens with zero attached hydrogens (tertiary/aromatic N) is 1. The highest BCUT2D eigenvalue weighted by atomic mass is 16.5. The van der Waals surface area contributed by atoms with Crippen LogP contribution in [0.15, 0.2) is 0 Å². The molecule has 0 radical (unpaired) electrons. The molecule has 0 aliphatic carbocycles. The molecule has 1 rings (SSSR count). The van der Waals surface area contributed by atoms with Crippen molar-refractivity contribution in [2.24, 2.45) is 0 Å². The van der Waals surface area contributed by atoms with Gasteiger partial charge in [0, 0.05) is 30.7 Å². The molecule has 0 aromatic heterocycles. The van der Waals surface area contributed by atoms with Crippen molar-refractivity contribution in [1.82, 2.24) is 10.2 Å². The van der Waals surface area contributed by atoms with Gasteiger partial charge in [0.15, 0.2) is 0 Å². The first-order valence-electron chi connectivity index (χ1n) is 7.47. The van der Waals surface area contributed by atoms with E-state index in [1.807, 2.05) is 0 Å². The SMILES string of the molecule is CCC1(CC)CN(CCOC(C)C)C(C)(C)CN1. The fourth-order valence-electron chi connectivity index (χ4n) is 2.65. The number of rotatable bonds is 6. The predicted molar refractivity (Wildman–Crippen MR) is 78.1 cm³/mol. The number of piperazine rings is 1. The third-order valence-corrected chi connectivity index (χ3v) is 4.41. The first kappa shape index (κ1) is 15.9. The van der Waals surface area contributed by atoms with Gasteiger partial charge in [0.25, 0.3) is 0 Å². The van der Waals surface area contributed by atoms with Crippen molar-refractivity contribution in [3.8, 4) is 0 Å². The first-order chi connectivity index (χ1) is 8.35. The van der Waals surface area contributed by atoms with Crippen molar-refractivity contribution in [3.63, 3.8) is 0 Å². The Morgan fingerprint density at radius 2 is 1.83 bits per heavy atom. The van der Waals surface area contributed by atoms with Crippen molar-refractivity contribution in [2.75, 3.05) is 26.2 Å². The molecule has 0 aromatic carbocycles. The molecule has 0 saturated carbocycles. The first-order valence-corrected chi connectivity index (χ1v) is 7.47. The summed E-state index contributed by atoms with van der Waals surface area (Å²) in [6.45, 7) is 17.5. The Morgan fingerprint density at radius 3 is 2.33 bits per heavy atom. The zero-order valence-corrected chi connectivity index (χ0v) is 13.2. The van der Waals surface area contributed by atoms with Crippen molar-refractivity contribution in [2.45, 2.75) is 71.6 Å². The van der Waals surface area contributed by atoms with Crippen LogP contribution in [0.3, 0.4) is 0 Å². The second-order valence-corrected chi connectivity index (χ2v) is 6.49. The standard InChI is InChI=1S/C15H32N2O/c1-7-15(8-2)12-17(9-10-18-13(3)4)14(5,6)11-16-15/h13,16H,7-12H2,1-6H3. The Kier molecular flexibility index (Phi) is 5.63. The molecule has 1 aliphatic rings. The van der Waals surface area contributed by atoms with Gasteiger partial charge >= 0.3 is 0 Å². The van der Waals surface area contributed by atoms with Crippen LogP contribution in [0.1, 0.15) is 54.4 Å². The quantitative estimate of drug-likeness (QED) is 0.791. The van der Waals surface area contributed by atoms with Crippen LogP contribution >= 0.6 is 0 Å². The molecule has 0 unspecified atom stereocenters. The van der Waals surface area contributed by atoms with Crippen LogP contribution in [-0.2, 0) is 4.74 Å². The molecule has 3 heteroatoms. The molecule has 0 atom stereocenters. The Bertz CT molecular complexity index is 247. The topological polar surface area (TPSA) is 24.5 Å². The van der Waals surface area contributed by atoms with E-state index in [1.165, 1.54) is 12.8 Å². The number of hydrogen-bond acceptors (Lipinski definition) is 3. The van der Waals surface area contributed by atoms with E-state index in [0.717, 1.165) is 26.2 Å². The summed E-state index contributed by atoms with van der Waals surface area (Å²) in [6.07, 6.45) is 2.72. The molecule has 1 saturated heterocycles. The fourth-order valence-corrected chi connectivity index (χ4v) is 2.65. The largest absolute Gasteiger partial charge is 0.377 e. The molecule has 3 nitrogen and oxygen atoms in total. The van der Waals surface area contributed by atoms with Gasteiger partial charge in [-0.2, -0.15) is 0 Å². The molecule has 1 fully saturated rings. The minimum absolute atomic E-state index is 0.230. The summed E-state index contributed by atoms with van der Waals surface area (Å²) in [4.78, 5) is 2.60. The van der Waals surface area contributed by atoms with Crippen LogP contribution in [0.25, 0.3) is 0 Å². The molecule has 1 aliphatic heterocycles. The number of nitrogens with one attached hydrogen (secondary N) is 1. The molecular formula is C15H32N2O. The third-order valence-electron chi connectivity index (χ3n) is 4.41. The van der Waals surface area contributed by atoms with Gasteiger partial charge < -0.3 is 10.1 Å². The lowest BCUT2D eigenvalue weighted by Crippen LogP contribution is -2.68. The highest BCUT2D eigenvalue weighted by Crippen LogP contribution is 2.27. The molecule has 1 heterocycles. The summed E-state index contributed by atoms with van der Waals surface area (Å²) in [5, 5.41) is 3.77. The van der Waals surface area contributed by atoms with Crippen LogP contribution < -0.4 is 5.32 Å². The molecule has 0 spiro atoms. The second-order valence-electron chi connectivity index (χ2n) is 6.49. The van der Waals surface area contributed by atoms with Crippen LogP contribution in [0.5, 0.6) is 0 Å². The maximum atomic E-state index is 5.71. The molecule has 0 amide bonds. The van der Waals surface area contributed by atoms with Crippen molar-refractivity contribution in [3.05, 3.63) is 0 Å². The maximum Gasteiger partial charge on any atom is 0.0597 e. The summed E-state index contributed by atoms with van der Waals surface area (Å²) >= 11 is 0. The highest BCUT2D eigenvalue weighted by Gasteiger charge is 2.40. The van der Waals surface area contributed by atoms with Crippen LogP contribution in [0, 0.1) is 0 Å². The molecular weight excluding hydrogens is 224 g/mol. The van der Waals surface area contributed by atoms with Crippen molar-refractivity contribution in [1.29, 1.82) is 0 Å². The summed E-state index contributed by atoms with van der Waals surface area (Å²) in [7, 11) is 0. The average Bonchev–Trinajstić information content (AvgIpc) is 2.31. The van der Waals surface area contributed by atoms with Gasteiger partial charge in [-0.25, -0.2) is 0 Å². The van der Waals surface area contributed by atoms with Gasteiger partial charge in [-0.1, -0.05) is 13.8 Å². The van der Waals surface area contributed by atoms with Crippen LogP contribution in [0.4, 0.5) is 0 Å². The van der Waals surface area contributed by atoms with E-state index >= 15 is 0 Å². The van der Waals surface area contributed by atoms with Crippen LogP contribution in [0.2, 0.25) is 0 Å². The summed E-state index contributed by atoms with van der Waals surface area (Å²) < 4.78 is 5.71. The zero-order chi connectivity index (χ0) is 13.8. The lowest BCUT2D eigenvalue weighted by molar-refractivity contribution is -0.0116. The summed E-state index contributed by atoms with van der Waals surface area (Å²) in [5.41, 5.74) is 0.529. The Balaban J connectivity index is 2.60. The number of hydrogen-bond donors (Lipinski definition) is 1. The molecule has 108 valence electrons. The Labute approximate surface area is 113 Å². The van der Waals surface area contributed by atoms with E-state index in [0.29, 0.717) is 11.6 Å². The Hall–Kier alpha value is -0.120. The average molecular weight is 256 g/mol. The summed E-state index contributed by atoms with van der Waals surface area (Å²) in [5.74, 6) is 0. The van der Waals surface area contributed by atoms with E-state index < -0.39 is 0 Å². The lowest BCUT2D eigenvalue weighted by Gasteiger charge is -2.52. The third kappa shape index (κ3) is 3.94. The van der Waals surface area contributed by atoms with Gasteiger partial charge in [0.2, 0.25) is 0 Å². The number of ether oxygens (including phenoxy) is 1. The van der Waals surface area contributed by atoms with Crippen molar-refractivity contribution < 1.29 is 4.74 Å². The van der Waals surface area contributed by atoms with E-state index in [-0.39, 0.29) is 5.54 Å². The minimum atomic E-state index is 0.230. The monoisotopic (exact) mass is 256 g/mol.